The molecule has 1 saturated heterocycles. The van der Waals surface area contributed by atoms with Gasteiger partial charge >= 0.3 is 12.3 Å². The van der Waals surface area contributed by atoms with Crippen LogP contribution in [0.3, 0.4) is 0 Å². The lowest BCUT2D eigenvalue weighted by atomic mass is 10.1. The number of carbonyl (C=O) groups is 2. The second-order valence-corrected chi connectivity index (χ2v) is 12.4. The van der Waals surface area contributed by atoms with Crippen LogP contribution in [0.25, 0.3) is 0 Å². The van der Waals surface area contributed by atoms with Crippen LogP contribution < -0.4 is 24.4 Å². The van der Waals surface area contributed by atoms with E-state index >= 15 is 0 Å². The molecule has 2 N–H and O–H groups in total. The summed E-state index contributed by atoms with van der Waals surface area (Å²) in [6.07, 6.45) is -5.87. The Morgan fingerprint density at radius 1 is 1.21 bits per heavy atom. The molecular formula is C25H30F3N5O8S. The molecule has 0 bridgehead atoms. The summed E-state index contributed by atoms with van der Waals surface area (Å²) in [6.45, 7) is 2.27. The Labute approximate surface area is 239 Å². The van der Waals surface area contributed by atoms with Gasteiger partial charge in [-0.1, -0.05) is 0 Å². The highest BCUT2D eigenvalue weighted by Crippen LogP contribution is 2.42. The number of anilines is 2. The van der Waals surface area contributed by atoms with Gasteiger partial charge in [-0.3, -0.25) is 19.1 Å². The smallest absolute Gasteiger partial charge is 0.427 e. The van der Waals surface area contributed by atoms with Gasteiger partial charge in [0.25, 0.3) is 15.9 Å². The van der Waals surface area contributed by atoms with E-state index in [4.69, 9.17) is 14.2 Å². The fraction of sp³-hybridized carbons (Fsp3) is 0.560. The Hall–Kier alpha value is -3.73. The van der Waals surface area contributed by atoms with Crippen LogP contribution in [-0.4, -0.2) is 81.5 Å². The van der Waals surface area contributed by atoms with Gasteiger partial charge in [0.15, 0.2) is 4.90 Å². The Kier molecular flexibility index (Phi) is 7.67. The molecule has 13 nitrogen and oxygen atoms in total. The van der Waals surface area contributed by atoms with E-state index in [0.29, 0.717) is 52.1 Å². The van der Waals surface area contributed by atoms with Gasteiger partial charge in [-0.05, 0) is 44.9 Å². The second-order valence-electron chi connectivity index (χ2n) is 10.6. The molecule has 2 amide bonds. The van der Waals surface area contributed by atoms with E-state index in [0.717, 1.165) is 4.31 Å². The molecule has 0 unspecified atom stereocenters. The lowest BCUT2D eigenvalue weighted by Crippen LogP contribution is -2.50. The average Bonchev–Trinajstić information content (AvgIpc) is 3.46. The van der Waals surface area contributed by atoms with Crippen molar-refractivity contribution in [2.24, 2.45) is 5.92 Å². The van der Waals surface area contributed by atoms with Crippen LogP contribution in [0.2, 0.25) is 0 Å². The van der Waals surface area contributed by atoms with Gasteiger partial charge in [0, 0.05) is 12.2 Å². The van der Waals surface area contributed by atoms with Crippen LogP contribution in [0.1, 0.15) is 26.0 Å². The molecule has 230 valence electrons. The molecule has 0 spiro atoms. The van der Waals surface area contributed by atoms with E-state index in [-0.39, 0.29) is 52.8 Å². The number of nitrogens with zero attached hydrogens (tertiary/aromatic N) is 3. The Morgan fingerprint density at radius 2 is 1.95 bits per heavy atom. The zero-order chi connectivity index (χ0) is 30.4. The van der Waals surface area contributed by atoms with Gasteiger partial charge < -0.3 is 24.3 Å². The number of hydrogen-bond acceptors (Lipinski definition) is 9. The summed E-state index contributed by atoms with van der Waals surface area (Å²) in [5.41, 5.74) is -2.32. The summed E-state index contributed by atoms with van der Waals surface area (Å²) in [5, 5.41) is 9.25. The first-order valence-corrected chi connectivity index (χ1v) is 14.5. The number of nitrogens with one attached hydrogen (secondary N) is 2. The molecule has 0 radical (unpaired) electrons. The molecule has 2 aromatic rings. The van der Waals surface area contributed by atoms with Crippen LogP contribution in [-0.2, 0) is 37.3 Å². The lowest BCUT2D eigenvalue weighted by molar-refractivity contribution is -0.242. The van der Waals surface area contributed by atoms with Crippen molar-refractivity contribution in [1.29, 1.82) is 0 Å². The summed E-state index contributed by atoms with van der Waals surface area (Å²) in [6, 6.07) is 3.96. The van der Waals surface area contributed by atoms with Crippen molar-refractivity contribution in [2.45, 2.75) is 56.0 Å². The van der Waals surface area contributed by atoms with Gasteiger partial charge in [-0.2, -0.15) is 13.2 Å². The van der Waals surface area contributed by atoms with Crippen molar-refractivity contribution in [3.05, 3.63) is 23.9 Å². The third kappa shape index (κ3) is 5.54. The van der Waals surface area contributed by atoms with Crippen LogP contribution in [0.4, 0.5) is 29.3 Å². The highest BCUT2D eigenvalue weighted by Gasteiger charge is 2.51. The molecule has 1 fully saturated rings. The maximum Gasteiger partial charge on any atom is 0.427 e. The van der Waals surface area contributed by atoms with E-state index in [1.807, 2.05) is 0 Å². The highest BCUT2D eigenvalue weighted by molar-refractivity contribution is 7.93. The van der Waals surface area contributed by atoms with Crippen LogP contribution in [0.15, 0.2) is 23.1 Å². The number of halogens is 3. The summed E-state index contributed by atoms with van der Waals surface area (Å²) in [4.78, 5) is 24.6. The number of methoxy groups -OCH3 is 1. The zero-order valence-corrected chi connectivity index (χ0v) is 23.8. The molecule has 5 rings (SSSR count). The lowest BCUT2D eigenvalue weighted by Gasteiger charge is -2.36. The normalized spacial score (nSPS) is 18.8. The van der Waals surface area contributed by atoms with Crippen LogP contribution in [0.5, 0.6) is 11.6 Å². The number of fused-ring (bicyclic) bond motifs is 2. The van der Waals surface area contributed by atoms with Gasteiger partial charge in [-0.25, -0.2) is 13.2 Å². The number of hydrogen-bond donors (Lipinski definition) is 2. The number of ether oxygens (including phenoxy) is 4. The average molecular weight is 618 g/mol. The largest absolute Gasteiger partial charge is 0.484 e. The number of carbonyl (C=O) groups excluding carboxylic acids is 2. The summed E-state index contributed by atoms with van der Waals surface area (Å²) in [5.74, 6) is -0.523. The number of aromatic nitrogens is 2. The molecule has 0 saturated carbocycles. The molecule has 42 heavy (non-hydrogen) atoms. The second kappa shape index (κ2) is 10.8. The standard InChI is InChI=1S/C25H30F3N5O8S/c1-24(2,25(26,27)28)41-23(35)30-15-6-7-19-18(9-15)33(11-16(40-19)10-29-21(34)14-12-39-13-14)42(36,37)20-17-5-4-8-32(17)31-22(20)38-3/h6-7,9,14,16H,4-5,8,10-13H2,1-3H3,(H,29,34)(H,30,35)/t16-/m0/s1. The van der Waals surface area contributed by atoms with E-state index in [9.17, 15) is 31.2 Å². The molecule has 17 heteroatoms. The number of aryl methyl sites for hydroxylation is 1. The fourth-order valence-electron chi connectivity index (χ4n) is 4.69. The first kappa shape index (κ1) is 29.8. The van der Waals surface area contributed by atoms with Gasteiger partial charge in [0.2, 0.25) is 11.5 Å². The topological polar surface area (TPSA) is 150 Å². The Morgan fingerprint density at radius 3 is 2.60 bits per heavy atom. The predicted molar refractivity (Wildman–Crippen MR) is 140 cm³/mol. The van der Waals surface area contributed by atoms with Crippen LogP contribution in [0, 0.1) is 5.92 Å². The molecule has 1 atom stereocenters. The Bertz CT molecular complexity index is 1490. The van der Waals surface area contributed by atoms with Crippen molar-refractivity contribution < 1.29 is 50.1 Å². The van der Waals surface area contributed by atoms with Crippen molar-refractivity contribution in [3.8, 4) is 11.6 Å². The quantitative estimate of drug-likeness (QED) is 0.455. The van der Waals surface area contributed by atoms with Crippen molar-refractivity contribution in [3.63, 3.8) is 0 Å². The number of benzene rings is 1. The van der Waals surface area contributed by atoms with Gasteiger partial charge in [-0.15, -0.1) is 5.10 Å². The fourth-order valence-corrected chi connectivity index (χ4v) is 6.52. The summed E-state index contributed by atoms with van der Waals surface area (Å²) < 4.78 is 91.6. The number of rotatable bonds is 8. The summed E-state index contributed by atoms with van der Waals surface area (Å²) >= 11 is 0. The van der Waals surface area contributed by atoms with Crippen molar-refractivity contribution in [2.75, 3.05) is 43.0 Å². The molecule has 1 aromatic carbocycles. The first-order valence-electron chi connectivity index (χ1n) is 13.1. The zero-order valence-electron chi connectivity index (χ0n) is 23.0. The molecule has 1 aromatic heterocycles. The minimum atomic E-state index is -4.82. The van der Waals surface area contributed by atoms with Gasteiger partial charge in [0.05, 0.1) is 50.7 Å². The minimum absolute atomic E-state index is 0.0110. The maximum atomic E-state index is 14.2. The van der Waals surface area contributed by atoms with Gasteiger partial charge in [0.1, 0.15) is 11.9 Å². The minimum Gasteiger partial charge on any atom is -0.484 e. The number of amides is 2. The molecular weight excluding hydrogens is 587 g/mol. The van der Waals surface area contributed by atoms with Crippen molar-refractivity contribution >= 4 is 33.4 Å². The number of alkyl halides is 3. The Balaban J connectivity index is 1.46. The molecule has 3 aliphatic heterocycles. The maximum absolute atomic E-state index is 14.2. The van der Waals surface area contributed by atoms with Crippen molar-refractivity contribution in [1.82, 2.24) is 15.1 Å². The number of sulfonamides is 1. The van der Waals surface area contributed by atoms with E-state index < -0.39 is 34.0 Å². The third-order valence-electron chi connectivity index (χ3n) is 7.18. The SMILES string of the molecule is COc1nn2c(c1S(=O)(=O)N1C[C@H](CNC(=O)C3COC3)Oc3ccc(NC(=O)OC(C)(C)C(F)(F)F)cc31)CCC2. The van der Waals surface area contributed by atoms with E-state index in [2.05, 4.69) is 20.5 Å². The molecule has 0 aliphatic carbocycles. The highest BCUT2D eigenvalue weighted by atomic mass is 32.2. The first-order chi connectivity index (χ1) is 19.7. The predicted octanol–water partition coefficient (Wildman–Crippen LogP) is 2.45. The van der Waals surface area contributed by atoms with E-state index in [1.54, 1.807) is 4.68 Å². The van der Waals surface area contributed by atoms with E-state index in [1.165, 1.54) is 25.3 Å². The molecule has 4 heterocycles. The third-order valence-corrected chi connectivity index (χ3v) is 9.04. The van der Waals surface area contributed by atoms with Crippen LogP contribution >= 0.6 is 0 Å². The monoisotopic (exact) mass is 617 g/mol. The summed E-state index contributed by atoms with van der Waals surface area (Å²) in [7, 11) is -3.05. The molecule has 3 aliphatic rings.